The number of ketones is 2. The number of thiocarbonyl (C=S) groups is 2. The number of thioether (sulfide) groups is 4. The maximum Gasteiger partial charge on any atom is 0.341 e. The van der Waals surface area contributed by atoms with Crippen LogP contribution in [0.4, 0.5) is 0 Å². The number of aliphatic hydroxyl groups excluding tert-OH is 4. The summed E-state index contributed by atoms with van der Waals surface area (Å²) in [7, 11) is 2.41. The van der Waals surface area contributed by atoms with Crippen molar-refractivity contribution in [3.63, 3.8) is 0 Å². The van der Waals surface area contributed by atoms with Crippen molar-refractivity contribution >= 4 is 198 Å². The summed E-state index contributed by atoms with van der Waals surface area (Å²) in [5.74, 6) is -26.9. The van der Waals surface area contributed by atoms with Gasteiger partial charge in [0.05, 0.1) is 49.1 Å². The van der Waals surface area contributed by atoms with Crippen LogP contribution < -0.4 is 31.9 Å². The highest BCUT2D eigenvalue weighted by molar-refractivity contribution is 8.23. The number of hydrogen-bond donors (Lipinski definition) is 22. The molecule has 54 nitrogen and oxygen atoms in total. The number of aliphatic carboxylic acids is 6. The van der Waals surface area contributed by atoms with Crippen molar-refractivity contribution in [2.75, 3.05) is 50.4 Å². The highest BCUT2D eigenvalue weighted by atomic mass is 32.2. The number of hydrogen-bond acceptors (Lipinski definition) is 48. The second kappa shape index (κ2) is 55.6. The molecule has 0 aromatic carbocycles. The Bertz CT molecular complexity index is 4980. The van der Waals surface area contributed by atoms with Gasteiger partial charge in [0.1, 0.15) is 153 Å². The summed E-state index contributed by atoms with van der Waals surface area (Å²) in [6.45, 7) is 19.2. The first-order valence-electron chi connectivity index (χ1n) is 45.2. The van der Waals surface area contributed by atoms with Crippen LogP contribution in [-0.4, -0.2) is 428 Å². The van der Waals surface area contributed by atoms with Gasteiger partial charge in [-0.25, -0.2) is 38.4 Å². The molecule has 60 heteroatoms. The fourth-order valence-electron chi connectivity index (χ4n) is 16.0. The molecule has 4 fully saturated rings. The van der Waals surface area contributed by atoms with E-state index in [1.807, 2.05) is 0 Å². The summed E-state index contributed by atoms with van der Waals surface area (Å²) in [6, 6.07) is -9.30. The Kier molecular flexibility index (Phi) is 48.2. The van der Waals surface area contributed by atoms with Gasteiger partial charge in [-0.3, -0.25) is 58.8 Å². The molecular weight excluding hydrogens is 2090 g/mol. The molecule has 0 spiro atoms. The van der Waals surface area contributed by atoms with Crippen molar-refractivity contribution in [2.45, 2.75) is 322 Å². The van der Waals surface area contributed by atoms with Crippen molar-refractivity contribution in [3.8, 4) is 0 Å². The Morgan fingerprint density at radius 3 is 1.04 bits per heavy atom. The summed E-state index contributed by atoms with van der Waals surface area (Å²) in [6.07, 6.45) is -35.9. The number of carboxylic acids is 6. The van der Waals surface area contributed by atoms with Crippen LogP contribution in [0.25, 0.3) is 0 Å². The van der Waals surface area contributed by atoms with Crippen molar-refractivity contribution in [2.24, 2.45) is 11.8 Å². The van der Waals surface area contributed by atoms with E-state index in [4.69, 9.17) is 102 Å². The zero-order valence-corrected chi connectivity index (χ0v) is 87.6. The lowest BCUT2D eigenvalue weighted by atomic mass is 9.74. The Morgan fingerprint density at radius 1 is 0.463 bits per heavy atom. The first kappa shape index (κ1) is 127. The average molecular weight is 2210 g/mol. The van der Waals surface area contributed by atoms with Crippen LogP contribution in [0.1, 0.15) is 143 Å². The molecule has 6 aliphatic rings. The zero-order valence-electron chi connectivity index (χ0n) is 82.7. The van der Waals surface area contributed by atoms with Gasteiger partial charge < -0.3 is 170 Å². The van der Waals surface area contributed by atoms with Crippen LogP contribution in [0.3, 0.4) is 0 Å². The molecular formula is C87H126N8O46S6. The molecule has 147 heavy (non-hydrogen) atoms. The van der Waals surface area contributed by atoms with Crippen molar-refractivity contribution < 1.29 is 224 Å². The minimum atomic E-state index is -3.19. The minimum absolute atomic E-state index is 0.269. The third kappa shape index (κ3) is 33.0. The highest BCUT2D eigenvalue weighted by Crippen LogP contribution is 2.47. The van der Waals surface area contributed by atoms with Crippen LogP contribution in [0.15, 0.2) is 22.7 Å². The molecule has 31 atom stereocenters. The number of esters is 6. The largest absolute Gasteiger partial charge is 0.508 e. The van der Waals surface area contributed by atoms with Crippen LogP contribution in [0.5, 0.6) is 0 Å². The monoisotopic (exact) mass is 2210 g/mol. The Morgan fingerprint density at radius 2 is 0.769 bits per heavy atom. The molecule has 22 N–H and O–H groups in total. The molecule has 0 aromatic rings. The van der Waals surface area contributed by atoms with Gasteiger partial charge in [-0.2, -0.15) is 23.5 Å². The lowest BCUT2D eigenvalue weighted by Gasteiger charge is -2.52. The molecule has 0 aromatic heterocycles. The number of aliphatic hydroxyl groups is 8. The van der Waals surface area contributed by atoms with E-state index < -0.39 is 371 Å². The van der Waals surface area contributed by atoms with E-state index in [-0.39, 0.29) is 31.7 Å². The lowest BCUT2D eigenvalue weighted by molar-refractivity contribution is -0.345. The fraction of sp³-hybridized carbons (Fsp3) is 0.701. The second-order valence-electron chi connectivity index (χ2n) is 35.3. The van der Waals surface area contributed by atoms with E-state index in [1.165, 1.54) is 55.8 Å². The topological polar surface area (TPSA) is 840 Å². The predicted octanol–water partition coefficient (Wildman–Crippen LogP) is -2.93. The van der Waals surface area contributed by atoms with Gasteiger partial charge in [-0.05, 0) is 34.1 Å². The van der Waals surface area contributed by atoms with E-state index in [0.717, 1.165) is 65.1 Å². The van der Waals surface area contributed by atoms with E-state index in [0.29, 0.717) is 29.9 Å². The lowest BCUT2D eigenvalue weighted by Crippen LogP contribution is -2.70. The number of amides is 4. The molecule has 4 saturated heterocycles. The number of carbonyl (C=O) groups excluding carboxylic acids is 12. The van der Waals surface area contributed by atoms with E-state index in [2.05, 4.69) is 31.9 Å². The van der Waals surface area contributed by atoms with E-state index >= 15 is 0 Å². The van der Waals surface area contributed by atoms with Crippen molar-refractivity contribution in [1.29, 1.82) is 10.8 Å². The molecule has 2 aliphatic carbocycles. The number of nitrogens with one attached hydrogen (secondary N) is 8. The SMILES string of the molecule is CC[C@H](C)C(=O)O[C@@H](C)C1(O)C(C)OC(OC2C(O)C([C@@]3(O)CC(=O)C(=N)C(C(=O)O)=C3O)OC(COC(C)=O)C2OC(=O)C(NC(=S)SC[C@H](NC(C)=O)C(=O)O)C(C)SC[C@H](NC(C)=O)C(=O)O)CC1OC.COC1CC(OC2C(O)C([C@@]3(O)CC(=O)C(=N)C(C(=O)O)=C3O)OC(COC(C)=O)C2OC(=O)C(NC(=S)SC[C@H](NC(C)=O)C(=O)O)C(C)SC[C@H](NC(C)=O)C(=O)O)OC(C)C1(O)[C@H](C)OC(=O)C(C)C. The average Bonchev–Trinajstić information content (AvgIpc) is 0.732. The van der Waals surface area contributed by atoms with Crippen LogP contribution in [0, 0.1) is 22.7 Å². The second-order valence-corrected chi connectivity index (χ2v) is 41.5. The van der Waals surface area contributed by atoms with Gasteiger partial charge in [0.25, 0.3) is 0 Å². The van der Waals surface area contributed by atoms with Gasteiger partial charge in [-0.15, -0.1) is 0 Å². The van der Waals surface area contributed by atoms with Crippen LogP contribution >= 0.6 is 71.5 Å². The normalized spacial score (nSPS) is 29.4. The fourth-order valence-corrected chi connectivity index (χ4v) is 20.4. The molecule has 22 unspecified atom stereocenters. The van der Waals surface area contributed by atoms with Crippen molar-refractivity contribution in [3.05, 3.63) is 22.7 Å². The first-order valence-corrected chi connectivity index (χ1v) is 50.1. The Balaban J connectivity index is 0.000000517. The predicted molar refractivity (Wildman–Crippen MR) is 515 cm³/mol. The number of Topliss-reactive ketones (excluding diaryl/α,β-unsaturated/α-hetero) is 2. The third-order valence-electron chi connectivity index (χ3n) is 24.2. The van der Waals surface area contributed by atoms with Gasteiger partial charge >= 0.3 is 71.6 Å². The van der Waals surface area contributed by atoms with Gasteiger partial charge in [0.15, 0.2) is 58.8 Å². The molecule has 0 saturated carbocycles. The molecule has 0 radical (unpaired) electrons. The van der Waals surface area contributed by atoms with Gasteiger partial charge in [0.2, 0.25) is 23.6 Å². The smallest absolute Gasteiger partial charge is 0.341 e. The Labute approximate surface area is 867 Å². The molecule has 826 valence electrons. The molecule has 6 rings (SSSR count). The molecule has 0 bridgehead atoms. The minimum Gasteiger partial charge on any atom is -0.508 e. The summed E-state index contributed by atoms with van der Waals surface area (Å²) in [5, 5.41) is 183. The van der Waals surface area contributed by atoms with Crippen LogP contribution in [-0.2, 0) is 153 Å². The number of carboxylic acid groups (broad SMARTS) is 6. The molecule has 4 heterocycles. The highest BCUT2D eigenvalue weighted by Gasteiger charge is 2.66. The summed E-state index contributed by atoms with van der Waals surface area (Å²) in [5.41, 5.74) is -15.7. The van der Waals surface area contributed by atoms with Crippen LogP contribution in [0.2, 0.25) is 0 Å². The van der Waals surface area contributed by atoms with Gasteiger partial charge in [0, 0.05) is 102 Å². The van der Waals surface area contributed by atoms with Gasteiger partial charge in [-0.1, -0.05) is 89.5 Å². The van der Waals surface area contributed by atoms with Crippen molar-refractivity contribution in [1.82, 2.24) is 31.9 Å². The summed E-state index contributed by atoms with van der Waals surface area (Å²) < 4.78 is 81.3. The molecule has 4 amide bonds. The summed E-state index contributed by atoms with van der Waals surface area (Å²) >= 11 is 13.8. The van der Waals surface area contributed by atoms with E-state index in [1.54, 1.807) is 27.7 Å². The summed E-state index contributed by atoms with van der Waals surface area (Å²) in [4.78, 5) is 225. The number of ether oxygens (including phenoxy) is 14. The maximum atomic E-state index is 14.8. The quantitative estimate of drug-likeness (QED) is 0.0165. The van der Waals surface area contributed by atoms with E-state index in [9.17, 15) is 158 Å². The third-order valence-corrected chi connectivity index (χ3v) is 29.6. The number of carbonyl (C=O) groups is 18. The first-order chi connectivity index (χ1) is 68.2. The zero-order chi connectivity index (χ0) is 112. The standard InChI is InChI=1S/C44H64N4O23S3.C43H62N4O23S3/c1-10-16(2)40(61)68-19(5)44(64)18(4)67-28(11-27(44)65-9)70-34-32(53)36(43(63)12-25(52)30(45)29(35(43)54)39(59)60)69-26(13-66-22(8)51)33(34)71-41(62)31(17(3)73-14-23(37(55)56)46-20(6)49)48-42(72)74-15-24(38(57)58)47-21(7)50;1-15(2)39(60)67-18(5)43(63)17(4)66-27(10-26(43)64-9)69-33-31(52)35(42(62)11-24(51)29(44)28(34(42)53)38(58)59)68-25(12-65-21(8)50)32(33)70-40(61)30(16(3)72-13-22(36(54)55)45-19(6)48)47-41(71)73-14-23(37(56)57)46-20(7)49/h16-19,23-24,26-28,31-34,36,45,53-54,63-64H,10-15H2,1-9H3,(H,46,49)(H,47,50)(H,48,72)(H,55,56)(H,57,58)(H,59,60);15-18,22-23,25-27,30-33,35,44,52-53,62-63H,10-14H2,1-9H3,(H,45,48)(H,46,49)(H,47,71)(H,54,55)(H,56,57)(H,58,59)/t16-,17?,18?,19-,23-,24-,26?,27?,28?,31?,32?,33?,34?,36?,43+,44?;16?,17?,18-,22-,23-,25?,26?,27?,30?,31?,32?,33?,35?,42+,43?/m00/s1. The molecule has 4 aliphatic heterocycles. The Hall–Kier alpha value is -10.1. The maximum absolute atomic E-state index is 14.8. The number of methoxy groups -OCH3 is 2. The number of rotatable bonds is 47.